The molecule has 0 spiro atoms. The SMILES string of the molecule is CC(CCCN)C(=O)N[C@H](C(=O)O)C(C)C. The Labute approximate surface area is 96.4 Å². The van der Waals surface area contributed by atoms with Gasteiger partial charge in [-0.05, 0) is 25.3 Å². The molecule has 5 heteroatoms. The largest absolute Gasteiger partial charge is 0.480 e. The smallest absolute Gasteiger partial charge is 0.326 e. The van der Waals surface area contributed by atoms with Crippen molar-refractivity contribution in [1.29, 1.82) is 0 Å². The van der Waals surface area contributed by atoms with Crippen LogP contribution in [-0.2, 0) is 9.59 Å². The highest BCUT2D eigenvalue weighted by Crippen LogP contribution is 2.08. The molecule has 0 rings (SSSR count). The van der Waals surface area contributed by atoms with Crippen LogP contribution in [0, 0.1) is 11.8 Å². The second-order valence-corrected chi connectivity index (χ2v) is 4.40. The number of amides is 1. The normalized spacial score (nSPS) is 14.6. The zero-order valence-electron chi connectivity index (χ0n) is 10.2. The number of nitrogens with two attached hydrogens (primary N) is 1. The molecule has 0 aliphatic heterocycles. The molecule has 0 bridgehead atoms. The van der Waals surface area contributed by atoms with Crippen molar-refractivity contribution < 1.29 is 14.7 Å². The van der Waals surface area contributed by atoms with Crippen molar-refractivity contribution in [3.63, 3.8) is 0 Å². The summed E-state index contributed by atoms with van der Waals surface area (Å²) in [6.45, 7) is 5.86. The Morgan fingerprint density at radius 3 is 2.25 bits per heavy atom. The Morgan fingerprint density at radius 1 is 1.31 bits per heavy atom. The third kappa shape index (κ3) is 5.11. The molecule has 0 heterocycles. The van der Waals surface area contributed by atoms with Gasteiger partial charge in [-0.2, -0.15) is 0 Å². The van der Waals surface area contributed by atoms with Gasteiger partial charge in [-0.25, -0.2) is 4.79 Å². The van der Waals surface area contributed by atoms with E-state index in [0.29, 0.717) is 13.0 Å². The Kier molecular flexibility index (Phi) is 6.72. The van der Waals surface area contributed by atoms with Gasteiger partial charge in [0.05, 0.1) is 0 Å². The minimum Gasteiger partial charge on any atom is -0.480 e. The number of carboxylic acid groups (broad SMARTS) is 1. The predicted octanol–water partition coefficient (Wildman–Crippen LogP) is 0.587. The van der Waals surface area contributed by atoms with Gasteiger partial charge < -0.3 is 16.2 Å². The number of carbonyl (C=O) groups is 2. The molecule has 0 saturated heterocycles. The molecule has 0 aromatic carbocycles. The van der Waals surface area contributed by atoms with Crippen LogP contribution in [0.4, 0.5) is 0 Å². The van der Waals surface area contributed by atoms with E-state index >= 15 is 0 Å². The molecule has 1 unspecified atom stereocenters. The maximum absolute atomic E-state index is 11.7. The zero-order valence-corrected chi connectivity index (χ0v) is 10.2. The van der Waals surface area contributed by atoms with Gasteiger partial charge in [0.15, 0.2) is 0 Å². The molecule has 2 atom stereocenters. The van der Waals surface area contributed by atoms with Crippen LogP contribution in [0.15, 0.2) is 0 Å². The molecule has 94 valence electrons. The standard InChI is InChI=1S/C11H22N2O3/c1-7(2)9(11(15)16)13-10(14)8(3)5-4-6-12/h7-9H,4-6,12H2,1-3H3,(H,13,14)(H,15,16)/t8?,9-/m0/s1. The average Bonchev–Trinajstić information content (AvgIpc) is 2.20. The number of hydrogen-bond donors (Lipinski definition) is 3. The van der Waals surface area contributed by atoms with E-state index in [4.69, 9.17) is 10.8 Å². The first-order valence-electron chi connectivity index (χ1n) is 5.63. The first-order valence-corrected chi connectivity index (χ1v) is 5.63. The van der Waals surface area contributed by atoms with Crippen molar-refractivity contribution >= 4 is 11.9 Å². The summed E-state index contributed by atoms with van der Waals surface area (Å²) >= 11 is 0. The molecule has 4 N–H and O–H groups in total. The second-order valence-electron chi connectivity index (χ2n) is 4.40. The van der Waals surface area contributed by atoms with E-state index in [2.05, 4.69) is 5.32 Å². The number of nitrogens with one attached hydrogen (secondary N) is 1. The summed E-state index contributed by atoms with van der Waals surface area (Å²) in [5.74, 6) is -1.52. The molecule has 0 radical (unpaired) electrons. The third-order valence-electron chi connectivity index (χ3n) is 2.52. The fraction of sp³-hybridized carbons (Fsp3) is 0.818. The fourth-order valence-electron chi connectivity index (χ4n) is 1.36. The Bertz CT molecular complexity index is 241. The Hall–Kier alpha value is -1.10. The van der Waals surface area contributed by atoms with E-state index in [1.165, 1.54) is 0 Å². The lowest BCUT2D eigenvalue weighted by Gasteiger charge is -2.20. The summed E-state index contributed by atoms with van der Waals surface area (Å²) in [4.78, 5) is 22.5. The summed E-state index contributed by atoms with van der Waals surface area (Å²) in [6, 6.07) is -0.812. The lowest BCUT2D eigenvalue weighted by atomic mass is 10.0. The molecule has 1 amide bonds. The van der Waals surface area contributed by atoms with E-state index in [-0.39, 0.29) is 17.7 Å². The lowest BCUT2D eigenvalue weighted by molar-refractivity contribution is -0.143. The summed E-state index contributed by atoms with van der Waals surface area (Å²) in [5.41, 5.74) is 5.35. The number of rotatable bonds is 7. The molecule has 0 aromatic heterocycles. The quantitative estimate of drug-likeness (QED) is 0.596. The van der Waals surface area contributed by atoms with Crippen molar-refractivity contribution in [3.8, 4) is 0 Å². The minimum absolute atomic E-state index is 0.122. The molecule has 0 aliphatic carbocycles. The van der Waals surface area contributed by atoms with E-state index in [1.54, 1.807) is 20.8 Å². The predicted molar refractivity (Wildman–Crippen MR) is 61.9 cm³/mol. The highest BCUT2D eigenvalue weighted by molar-refractivity contribution is 5.84. The molecule has 5 nitrogen and oxygen atoms in total. The van der Waals surface area contributed by atoms with E-state index in [0.717, 1.165) is 6.42 Å². The first-order chi connectivity index (χ1) is 7.40. The van der Waals surface area contributed by atoms with Gasteiger partial charge in [0.1, 0.15) is 6.04 Å². The van der Waals surface area contributed by atoms with Crippen LogP contribution in [-0.4, -0.2) is 29.6 Å². The van der Waals surface area contributed by atoms with Crippen molar-refractivity contribution in [1.82, 2.24) is 5.32 Å². The second kappa shape index (κ2) is 7.22. The van der Waals surface area contributed by atoms with Gasteiger partial charge in [0.25, 0.3) is 0 Å². The topological polar surface area (TPSA) is 92.4 Å². The number of aliphatic carboxylic acids is 1. The molecule has 0 aliphatic rings. The third-order valence-corrected chi connectivity index (χ3v) is 2.52. The summed E-state index contributed by atoms with van der Waals surface area (Å²) < 4.78 is 0. The first kappa shape index (κ1) is 14.9. The highest BCUT2D eigenvalue weighted by atomic mass is 16.4. The van der Waals surface area contributed by atoms with Crippen molar-refractivity contribution in [2.24, 2.45) is 17.6 Å². The maximum Gasteiger partial charge on any atom is 0.326 e. The zero-order chi connectivity index (χ0) is 12.7. The summed E-state index contributed by atoms with van der Waals surface area (Å²) in [6.07, 6.45) is 1.46. The van der Waals surface area contributed by atoms with Gasteiger partial charge in [-0.3, -0.25) is 4.79 Å². The van der Waals surface area contributed by atoms with Crippen molar-refractivity contribution in [3.05, 3.63) is 0 Å². The lowest BCUT2D eigenvalue weighted by Crippen LogP contribution is -2.46. The summed E-state index contributed by atoms with van der Waals surface area (Å²) in [7, 11) is 0. The monoisotopic (exact) mass is 230 g/mol. The summed E-state index contributed by atoms with van der Waals surface area (Å²) in [5, 5.41) is 11.5. The van der Waals surface area contributed by atoms with Crippen LogP contribution in [0.5, 0.6) is 0 Å². The van der Waals surface area contributed by atoms with Gasteiger partial charge in [0.2, 0.25) is 5.91 Å². The van der Waals surface area contributed by atoms with E-state index in [1.807, 2.05) is 0 Å². The minimum atomic E-state index is -0.991. The Morgan fingerprint density at radius 2 is 1.88 bits per heavy atom. The molecule has 16 heavy (non-hydrogen) atoms. The average molecular weight is 230 g/mol. The van der Waals surface area contributed by atoms with E-state index in [9.17, 15) is 9.59 Å². The Balaban J connectivity index is 4.24. The van der Waals surface area contributed by atoms with E-state index < -0.39 is 12.0 Å². The van der Waals surface area contributed by atoms with Crippen LogP contribution < -0.4 is 11.1 Å². The van der Waals surface area contributed by atoms with Crippen LogP contribution in [0.2, 0.25) is 0 Å². The molecular weight excluding hydrogens is 208 g/mol. The molecule has 0 fully saturated rings. The number of carbonyl (C=O) groups excluding carboxylic acids is 1. The molecule has 0 saturated carbocycles. The van der Waals surface area contributed by atoms with Crippen molar-refractivity contribution in [2.45, 2.75) is 39.7 Å². The van der Waals surface area contributed by atoms with Crippen LogP contribution in [0.3, 0.4) is 0 Å². The van der Waals surface area contributed by atoms with Crippen LogP contribution in [0.25, 0.3) is 0 Å². The molecule has 0 aromatic rings. The van der Waals surface area contributed by atoms with Crippen molar-refractivity contribution in [2.75, 3.05) is 6.54 Å². The van der Waals surface area contributed by atoms with Gasteiger partial charge in [-0.1, -0.05) is 20.8 Å². The maximum atomic E-state index is 11.7. The van der Waals surface area contributed by atoms with Crippen LogP contribution >= 0.6 is 0 Å². The highest BCUT2D eigenvalue weighted by Gasteiger charge is 2.25. The van der Waals surface area contributed by atoms with Crippen LogP contribution in [0.1, 0.15) is 33.6 Å². The van der Waals surface area contributed by atoms with Gasteiger partial charge in [-0.15, -0.1) is 0 Å². The van der Waals surface area contributed by atoms with Gasteiger partial charge in [0, 0.05) is 5.92 Å². The molecular formula is C11H22N2O3. The van der Waals surface area contributed by atoms with Gasteiger partial charge >= 0.3 is 5.97 Å². The number of hydrogen-bond acceptors (Lipinski definition) is 3. The fourth-order valence-corrected chi connectivity index (χ4v) is 1.36. The number of carboxylic acids is 1.